The lowest BCUT2D eigenvalue weighted by molar-refractivity contribution is -0.136. The van der Waals surface area contributed by atoms with Gasteiger partial charge < -0.3 is 24.5 Å². The number of phenols is 1. The number of piperidine rings is 2. The number of nitrogens with zero attached hydrogens (tertiary/aromatic N) is 4. The van der Waals surface area contributed by atoms with Crippen molar-refractivity contribution >= 4 is 29.1 Å². The molecule has 3 amide bonds. The Morgan fingerprint density at radius 2 is 1.45 bits per heavy atom. The molecule has 10 nitrogen and oxygen atoms in total. The van der Waals surface area contributed by atoms with Gasteiger partial charge in [0.05, 0.1) is 12.7 Å². The number of amides is 3. The van der Waals surface area contributed by atoms with E-state index in [9.17, 15) is 19.5 Å². The Balaban J connectivity index is 0.783. The molecule has 4 aromatic carbocycles. The van der Waals surface area contributed by atoms with Crippen LogP contribution in [0, 0.1) is 12.8 Å². The summed E-state index contributed by atoms with van der Waals surface area (Å²) in [4.78, 5) is 46.4. The fraction of sp³-hybridized carbons (Fsp3) is 0.400. The fourth-order valence-corrected chi connectivity index (χ4v) is 9.44. The van der Waals surface area contributed by atoms with Gasteiger partial charge in [0.15, 0.2) is 0 Å². The van der Waals surface area contributed by atoms with Crippen molar-refractivity contribution in [3.8, 4) is 5.75 Å². The second kappa shape index (κ2) is 14.8. The zero-order chi connectivity index (χ0) is 37.6. The number of ether oxygens (including phenoxy) is 1. The van der Waals surface area contributed by atoms with Crippen molar-refractivity contribution in [2.45, 2.75) is 63.8 Å². The Kier molecular flexibility index (Phi) is 9.56. The molecular formula is C45H49N5O5. The van der Waals surface area contributed by atoms with E-state index in [0.717, 1.165) is 62.6 Å². The topological polar surface area (TPSA) is 106 Å². The van der Waals surface area contributed by atoms with Gasteiger partial charge >= 0.3 is 0 Å². The van der Waals surface area contributed by atoms with E-state index in [4.69, 9.17) is 4.74 Å². The van der Waals surface area contributed by atoms with E-state index in [1.807, 2.05) is 18.2 Å². The first-order valence-corrected chi connectivity index (χ1v) is 19.9. The van der Waals surface area contributed by atoms with E-state index in [0.29, 0.717) is 31.1 Å². The van der Waals surface area contributed by atoms with E-state index >= 15 is 0 Å². The fourth-order valence-electron chi connectivity index (χ4n) is 9.44. The number of carbonyl (C=O) groups is 3. The van der Waals surface area contributed by atoms with Crippen LogP contribution in [-0.2, 0) is 27.5 Å². The van der Waals surface area contributed by atoms with Crippen LogP contribution in [0.15, 0.2) is 84.9 Å². The highest BCUT2D eigenvalue weighted by Gasteiger charge is 2.39. The summed E-state index contributed by atoms with van der Waals surface area (Å²) in [6.07, 6.45) is 2.89. The van der Waals surface area contributed by atoms with Crippen LogP contribution in [0.5, 0.6) is 5.75 Å². The molecule has 0 spiro atoms. The first kappa shape index (κ1) is 35.5. The highest BCUT2D eigenvalue weighted by molar-refractivity contribution is 6.05. The third-order valence-corrected chi connectivity index (χ3v) is 12.6. The molecule has 0 radical (unpaired) electrons. The minimum absolute atomic E-state index is 0.0366. The van der Waals surface area contributed by atoms with Gasteiger partial charge in [0.1, 0.15) is 11.8 Å². The average Bonchev–Trinajstić information content (AvgIpc) is 3.53. The lowest BCUT2D eigenvalue weighted by Gasteiger charge is -2.40. The summed E-state index contributed by atoms with van der Waals surface area (Å²) in [5, 5.41) is 12.6. The van der Waals surface area contributed by atoms with Crippen LogP contribution in [0.3, 0.4) is 0 Å². The standard InChI is InChI=1S/C45H49N5O5/c1-29-2-4-32(5-3-29)43-42(38-13-11-37(51)25-34(38)28-55-43)31-6-8-35(9-7-31)48-18-16-30(17-19-48)26-47-20-22-49(23-21-47)36-10-12-39-33(24-36)27-50(45(39)54)40-14-15-41(52)46-44(40)53/h2-13,24-25,30,40,42-43,51H,14-23,26-28H2,1H3,(H,46,52,53)/t40-,42+,43+/m0/s1. The maximum Gasteiger partial charge on any atom is 0.255 e. The van der Waals surface area contributed by atoms with E-state index in [1.54, 1.807) is 11.0 Å². The normalized spacial score (nSPS) is 23.5. The van der Waals surface area contributed by atoms with Crippen LogP contribution >= 0.6 is 0 Å². The van der Waals surface area contributed by atoms with Crippen molar-refractivity contribution in [1.29, 1.82) is 0 Å². The monoisotopic (exact) mass is 739 g/mol. The second-order valence-corrected chi connectivity index (χ2v) is 16.1. The first-order valence-electron chi connectivity index (χ1n) is 19.9. The number of rotatable bonds is 7. The van der Waals surface area contributed by atoms with Crippen LogP contribution in [-0.4, -0.2) is 84.5 Å². The number of phenolic OH excluding ortho intramolecular Hbond substituents is 1. The Morgan fingerprint density at radius 3 is 2.20 bits per heavy atom. The largest absolute Gasteiger partial charge is 0.508 e. The summed E-state index contributed by atoms with van der Waals surface area (Å²) in [6, 6.07) is 28.9. The van der Waals surface area contributed by atoms with Crippen LogP contribution in [0.1, 0.15) is 81.4 Å². The summed E-state index contributed by atoms with van der Waals surface area (Å²) in [7, 11) is 0. The highest BCUT2D eigenvalue weighted by Crippen LogP contribution is 2.46. The number of carbonyl (C=O) groups excluding carboxylic acids is 3. The van der Waals surface area contributed by atoms with Crippen molar-refractivity contribution in [3.05, 3.63) is 124 Å². The average molecular weight is 740 g/mol. The second-order valence-electron chi connectivity index (χ2n) is 16.1. The third kappa shape index (κ3) is 7.09. The number of fused-ring (bicyclic) bond motifs is 2. The van der Waals surface area contributed by atoms with Gasteiger partial charge in [0, 0.05) is 81.6 Å². The molecule has 3 fully saturated rings. The van der Waals surface area contributed by atoms with E-state index in [-0.39, 0.29) is 41.9 Å². The molecule has 9 rings (SSSR count). The molecule has 0 bridgehead atoms. The molecule has 5 heterocycles. The molecule has 0 saturated carbocycles. The summed E-state index contributed by atoms with van der Waals surface area (Å²) in [6.45, 7) is 10.1. The number of aryl methyl sites for hydroxylation is 1. The van der Waals surface area contributed by atoms with E-state index in [2.05, 4.69) is 87.6 Å². The Labute approximate surface area is 322 Å². The molecule has 4 aromatic rings. The molecular weight excluding hydrogens is 691 g/mol. The molecule has 10 heteroatoms. The molecule has 5 aliphatic heterocycles. The van der Waals surface area contributed by atoms with Crippen LogP contribution in [0.4, 0.5) is 11.4 Å². The lowest BCUT2D eigenvalue weighted by Crippen LogP contribution is -2.52. The predicted octanol–water partition coefficient (Wildman–Crippen LogP) is 5.90. The minimum atomic E-state index is -0.590. The number of piperazine rings is 1. The summed E-state index contributed by atoms with van der Waals surface area (Å²) >= 11 is 0. The molecule has 0 aromatic heterocycles. The quantitative estimate of drug-likeness (QED) is 0.226. The number of aromatic hydroxyl groups is 1. The predicted molar refractivity (Wildman–Crippen MR) is 211 cm³/mol. The molecule has 284 valence electrons. The third-order valence-electron chi connectivity index (χ3n) is 12.6. The van der Waals surface area contributed by atoms with Gasteiger partial charge in [-0.05, 0) is 102 Å². The number of hydrogen-bond donors (Lipinski definition) is 2. The molecule has 0 aliphatic carbocycles. The number of benzene rings is 4. The van der Waals surface area contributed by atoms with Crippen LogP contribution < -0.4 is 15.1 Å². The van der Waals surface area contributed by atoms with Gasteiger partial charge in [-0.2, -0.15) is 0 Å². The van der Waals surface area contributed by atoms with Crippen LogP contribution in [0.25, 0.3) is 0 Å². The van der Waals surface area contributed by atoms with Gasteiger partial charge in [-0.25, -0.2) is 0 Å². The van der Waals surface area contributed by atoms with Gasteiger partial charge in [-0.1, -0.05) is 48.0 Å². The van der Waals surface area contributed by atoms with Gasteiger partial charge in [0.2, 0.25) is 11.8 Å². The number of nitrogens with one attached hydrogen (secondary N) is 1. The Hall–Kier alpha value is -5.19. The van der Waals surface area contributed by atoms with Crippen molar-refractivity contribution in [2.75, 3.05) is 55.6 Å². The smallest absolute Gasteiger partial charge is 0.255 e. The van der Waals surface area contributed by atoms with Crippen molar-refractivity contribution < 1.29 is 24.2 Å². The highest BCUT2D eigenvalue weighted by atomic mass is 16.5. The maximum atomic E-state index is 13.2. The van der Waals surface area contributed by atoms with E-state index in [1.165, 1.54) is 40.8 Å². The molecule has 55 heavy (non-hydrogen) atoms. The number of hydrogen-bond acceptors (Lipinski definition) is 8. The molecule has 2 N–H and O–H groups in total. The SMILES string of the molecule is Cc1ccc([C@H]2OCc3cc(O)ccc3[C@H]2c2ccc(N3CCC(CN4CCN(c5ccc6c(c5)CN([C@H]5CCC(=O)NC5=O)C6=O)CC4)CC3)cc2)cc1. The van der Waals surface area contributed by atoms with Crippen molar-refractivity contribution in [1.82, 2.24) is 15.1 Å². The summed E-state index contributed by atoms with van der Waals surface area (Å²) in [5.74, 6) is 0.214. The zero-order valence-electron chi connectivity index (χ0n) is 31.5. The maximum absolute atomic E-state index is 13.2. The number of imide groups is 1. The molecule has 5 aliphatic rings. The lowest BCUT2D eigenvalue weighted by atomic mass is 9.79. The van der Waals surface area contributed by atoms with Crippen molar-refractivity contribution in [2.24, 2.45) is 5.92 Å². The summed E-state index contributed by atoms with van der Waals surface area (Å²) < 4.78 is 6.49. The number of anilines is 2. The summed E-state index contributed by atoms with van der Waals surface area (Å²) in [5.41, 5.74) is 9.88. The van der Waals surface area contributed by atoms with Gasteiger partial charge in [-0.15, -0.1) is 0 Å². The van der Waals surface area contributed by atoms with Gasteiger partial charge in [0.25, 0.3) is 5.91 Å². The van der Waals surface area contributed by atoms with Gasteiger partial charge in [-0.3, -0.25) is 24.6 Å². The minimum Gasteiger partial charge on any atom is -0.508 e. The first-order chi connectivity index (χ1) is 26.8. The Bertz CT molecular complexity index is 2090. The zero-order valence-corrected chi connectivity index (χ0v) is 31.5. The molecule has 3 atom stereocenters. The van der Waals surface area contributed by atoms with Crippen LogP contribution in [0.2, 0.25) is 0 Å². The van der Waals surface area contributed by atoms with E-state index < -0.39 is 6.04 Å². The van der Waals surface area contributed by atoms with Crippen molar-refractivity contribution in [3.63, 3.8) is 0 Å². The Morgan fingerprint density at radius 1 is 0.745 bits per heavy atom. The molecule has 3 saturated heterocycles. The molecule has 0 unspecified atom stereocenters.